The molecule has 0 aromatic heterocycles. The summed E-state index contributed by atoms with van der Waals surface area (Å²) in [5, 5.41) is 0.328. The van der Waals surface area contributed by atoms with E-state index in [0.717, 1.165) is 4.46 Å². The standard InChI is InChI=1S/C23H20O4SSe/c24-28(25,20-12-6-2-7-13-20)22-16-19(17-29(26)21-14-8-3-9-15-21)27-23(22)18-10-4-1-5-11-18/h1-15,19H,16-17H2. The molecule has 3 aromatic carbocycles. The third-order valence-electron chi connectivity index (χ3n) is 4.71. The average Bonchev–Trinajstić information content (AvgIpc) is 3.20. The van der Waals surface area contributed by atoms with Crippen LogP contribution in [0.1, 0.15) is 12.0 Å². The number of hydrogen-bond donors (Lipinski definition) is 0. The number of sulfone groups is 1. The summed E-state index contributed by atoms with van der Waals surface area (Å²) in [6.45, 7) is 0. The third-order valence-corrected chi connectivity index (χ3v) is 9.69. The van der Waals surface area contributed by atoms with Crippen molar-refractivity contribution in [3.63, 3.8) is 0 Å². The minimum atomic E-state index is -3.70. The molecule has 3 aromatic rings. The Kier molecular flexibility index (Phi) is 5.76. The number of rotatable bonds is 6. The van der Waals surface area contributed by atoms with Crippen LogP contribution in [-0.2, 0) is 18.4 Å². The molecule has 0 spiro atoms. The van der Waals surface area contributed by atoms with Gasteiger partial charge in [0.1, 0.15) is 0 Å². The van der Waals surface area contributed by atoms with Crippen molar-refractivity contribution < 1.29 is 17.0 Å². The van der Waals surface area contributed by atoms with Gasteiger partial charge in [-0.1, -0.05) is 0 Å². The summed E-state index contributed by atoms with van der Waals surface area (Å²) in [6.07, 6.45) is -0.210. The monoisotopic (exact) mass is 472 g/mol. The van der Waals surface area contributed by atoms with E-state index in [1.165, 1.54) is 0 Å². The Morgan fingerprint density at radius 2 is 1.38 bits per heavy atom. The van der Waals surface area contributed by atoms with Gasteiger partial charge in [-0.25, -0.2) is 0 Å². The van der Waals surface area contributed by atoms with Gasteiger partial charge in [0.15, 0.2) is 0 Å². The fourth-order valence-electron chi connectivity index (χ4n) is 3.30. The van der Waals surface area contributed by atoms with Crippen LogP contribution in [0.2, 0.25) is 5.32 Å². The zero-order chi connectivity index (χ0) is 20.3. The number of benzene rings is 3. The van der Waals surface area contributed by atoms with Crippen LogP contribution in [0.3, 0.4) is 0 Å². The molecule has 0 saturated carbocycles. The molecular formula is C23H20O4SSe. The van der Waals surface area contributed by atoms with E-state index in [-0.39, 0.29) is 16.2 Å². The molecule has 0 radical (unpaired) electrons. The summed E-state index contributed by atoms with van der Waals surface area (Å²) in [4.78, 5) is 0.497. The molecule has 1 heterocycles. The Hall–Kier alpha value is -2.53. The molecule has 4 nitrogen and oxygen atoms in total. The van der Waals surface area contributed by atoms with Gasteiger partial charge in [0.25, 0.3) is 0 Å². The van der Waals surface area contributed by atoms with Crippen LogP contribution >= 0.6 is 0 Å². The second kappa shape index (κ2) is 8.46. The molecule has 0 saturated heterocycles. The molecule has 2 atom stereocenters. The van der Waals surface area contributed by atoms with Crippen LogP contribution in [0.15, 0.2) is 101 Å². The van der Waals surface area contributed by atoms with E-state index in [2.05, 4.69) is 0 Å². The van der Waals surface area contributed by atoms with Crippen molar-refractivity contribution in [2.45, 2.75) is 22.7 Å². The average molecular weight is 471 g/mol. The number of ether oxygens (including phenoxy) is 1. The fraction of sp³-hybridized carbons (Fsp3) is 0.130. The first-order chi connectivity index (χ1) is 14.1. The van der Waals surface area contributed by atoms with Gasteiger partial charge in [-0.2, -0.15) is 0 Å². The van der Waals surface area contributed by atoms with Crippen LogP contribution < -0.4 is 4.46 Å². The van der Waals surface area contributed by atoms with E-state index in [0.29, 0.717) is 16.6 Å². The quantitative estimate of drug-likeness (QED) is 0.511. The van der Waals surface area contributed by atoms with E-state index in [4.69, 9.17) is 4.74 Å². The first-order valence-corrected chi connectivity index (χ1v) is 13.5. The molecule has 0 N–H and O–H groups in total. The molecule has 29 heavy (non-hydrogen) atoms. The van der Waals surface area contributed by atoms with Crippen molar-refractivity contribution >= 4 is 33.9 Å². The van der Waals surface area contributed by atoms with E-state index in [1.54, 1.807) is 30.3 Å². The molecule has 0 amide bonds. The van der Waals surface area contributed by atoms with E-state index < -0.39 is 29.8 Å². The van der Waals surface area contributed by atoms with E-state index in [9.17, 15) is 12.3 Å². The summed E-state index contributed by atoms with van der Waals surface area (Å²) < 4.78 is 46.4. The molecule has 148 valence electrons. The number of hydrogen-bond acceptors (Lipinski definition) is 4. The van der Waals surface area contributed by atoms with Crippen molar-refractivity contribution in [3.8, 4) is 0 Å². The second-order valence-electron chi connectivity index (χ2n) is 6.70. The molecule has 0 fully saturated rings. The van der Waals surface area contributed by atoms with Crippen LogP contribution in [0.5, 0.6) is 0 Å². The minimum absolute atomic E-state index is 0.219. The predicted molar refractivity (Wildman–Crippen MR) is 114 cm³/mol. The summed E-state index contributed by atoms with van der Waals surface area (Å²) in [6, 6.07) is 26.9. The van der Waals surface area contributed by atoms with Gasteiger partial charge < -0.3 is 0 Å². The Morgan fingerprint density at radius 3 is 2.00 bits per heavy atom. The van der Waals surface area contributed by atoms with Gasteiger partial charge in [0, 0.05) is 0 Å². The van der Waals surface area contributed by atoms with Gasteiger partial charge in [0.2, 0.25) is 0 Å². The van der Waals surface area contributed by atoms with Crippen molar-refractivity contribution in [1.29, 1.82) is 0 Å². The Labute approximate surface area is 174 Å². The first-order valence-electron chi connectivity index (χ1n) is 9.24. The van der Waals surface area contributed by atoms with Crippen LogP contribution in [0.4, 0.5) is 0 Å². The molecule has 1 aliphatic heterocycles. The SMILES string of the molecule is O=[Se](CC1CC(S(=O)(=O)c2ccccc2)=C(c2ccccc2)O1)c1ccccc1. The van der Waals surface area contributed by atoms with Crippen molar-refractivity contribution in [2.75, 3.05) is 0 Å². The van der Waals surface area contributed by atoms with Crippen LogP contribution in [0.25, 0.3) is 5.76 Å². The Balaban J connectivity index is 1.67. The van der Waals surface area contributed by atoms with Gasteiger partial charge in [-0.3, -0.25) is 0 Å². The fourth-order valence-corrected chi connectivity index (χ4v) is 7.38. The van der Waals surface area contributed by atoms with Crippen molar-refractivity contribution in [3.05, 3.63) is 101 Å². The first kappa shape index (κ1) is 19.8. The molecule has 1 aliphatic rings. The maximum atomic E-state index is 13.3. The molecule has 6 heteroatoms. The molecule has 0 aliphatic carbocycles. The van der Waals surface area contributed by atoms with Crippen molar-refractivity contribution in [1.82, 2.24) is 0 Å². The van der Waals surface area contributed by atoms with Gasteiger partial charge in [-0.15, -0.1) is 0 Å². The normalized spacial score (nSPS) is 17.7. The topological polar surface area (TPSA) is 60.4 Å². The van der Waals surface area contributed by atoms with Crippen LogP contribution in [0, 0.1) is 0 Å². The van der Waals surface area contributed by atoms with E-state index in [1.807, 2.05) is 60.7 Å². The predicted octanol–water partition coefficient (Wildman–Crippen LogP) is 3.95. The zero-order valence-electron chi connectivity index (χ0n) is 15.6. The van der Waals surface area contributed by atoms with Gasteiger partial charge in [0.05, 0.1) is 0 Å². The Bertz CT molecular complexity index is 1140. The zero-order valence-corrected chi connectivity index (χ0v) is 18.1. The summed E-state index contributed by atoms with van der Waals surface area (Å²) in [5.41, 5.74) is 0.715. The molecule has 2 unspecified atom stereocenters. The third kappa shape index (κ3) is 4.25. The van der Waals surface area contributed by atoms with Gasteiger partial charge in [-0.05, 0) is 0 Å². The maximum absolute atomic E-state index is 13.3. The van der Waals surface area contributed by atoms with Crippen LogP contribution in [-0.4, -0.2) is 28.4 Å². The van der Waals surface area contributed by atoms with E-state index >= 15 is 0 Å². The molecule has 4 rings (SSSR count). The van der Waals surface area contributed by atoms with Gasteiger partial charge >= 0.3 is 175 Å². The summed E-state index contributed by atoms with van der Waals surface area (Å²) in [7, 11) is -3.70. The second-order valence-corrected chi connectivity index (χ2v) is 11.8. The summed E-state index contributed by atoms with van der Waals surface area (Å²) >= 11 is -2.34. The summed E-state index contributed by atoms with van der Waals surface area (Å²) in [5.74, 6) is 0.367. The van der Waals surface area contributed by atoms with Crippen molar-refractivity contribution in [2.24, 2.45) is 0 Å². The molecule has 0 bridgehead atoms. The Morgan fingerprint density at radius 1 is 0.828 bits per heavy atom. The molecular weight excluding hydrogens is 451 g/mol.